The largest absolute Gasteiger partial charge is 0.462 e. The number of carbonyl (C=O) groups is 4. The average molecular weight is 461 g/mol. The summed E-state index contributed by atoms with van der Waals surface area (Å²) in [7, 11) is 0. The van der Waals surface area contributed by atoms with Gasteiger partial charge in [-0.15, -0.1) is 0 Å². The van der Waals surface area contributed by atoms with Crippen LogP contribution in [0.1, 0.15) is 53.4 Å². The first kappa shape index (κ1) is 23.8. The van der Waals surface area contributed by atoms with Crippen LogP contribution in [-0.4, -0.2) is 58.1 Å². The highest BCUT2D eigenvalue weighted by Gasteiger charge is 2.72. The Bertz CT molecular complexity index is 965. The van der Waals surface area contributed by atoms with Crippen LogP contribution in [0.15, 0.2) is 23.8 Å². The van der Waals surface area contributed by atoms with Crippen molar-refractivity contribution < 1.29 is 38.9 Å². The number of ketones is 2. The fraction of sp³-hybridized carbons (Fsp3) is 0.680. The molecule has 3 saturated carbocycles. The maximum Gasteiger partial charge on any atom is 0.303 e. The molecule has 8 heteroatoms. The first-order chi connectivity index (χ1) is 15.3. The minimum Gasteiger partial charge on any atom is -0.462 e. The Morgan fingerprint density at radius 2 is 1.88 bits per heavy atom. The summed E-state index contributed by atoms with van der Waals surface area (Å²) >= 11 is 0. The number of hydrogen-bond donors (Lipinski definition) is 2. The number of aliphatic hydroxyl groups excluding tert-OH is 1. The average Bonchev–Trinajstić information content (AvgIpc) is 2.93. The minimum absolute atomic E-state index is 0.0571. The van der Waals surface area contributed by atoms with Crippen molar-refractivity contribution >= 4 is 23.5 Å². The van der Waals surface area contributed by atoms with E-state index in [4.69, 9.17) is 9.47 Å². The molecule has 2 N–H and O–H groups in total. The summed E-state index contributed by atoms with van der Waals surface area (Å²) in [5.41, 5.74) is -2.73. The van der Waals surface area contributed by atoms with Crippen LogP contribution in [0.25, 0.3) is 0 Å². The summed E-state index contributed by atoms with van der Waals surface area (Å²) in [5.74, 6) is -2.38. The van der Waals surface area contributed by atoms with Crippen molar-refractivity contribution in [1.29, 1.82) is 0 Å². The van der Waals surface area contributed by atoms with Gasteiger partial charge in [-0.25, -0.2) is 0 Å². The molecule has 0 heterocycles. The number of esters is 2. The van der Waals surface area contributed by atoms with Crippen LogP contribution in [0.2, 0.25) is 0 Å². The van der Waals surface area contributed by atoms with Gasteiger partial charge in [-0.05, 0) is 49.7 Å². The molecule has 0 bridgehead atoms. The topological polar surface area (TPSA) is 127 Å². The van der Waals surface area contributed by atoms with E-state index in [1.54, 1.807) is 19.1 Å². The maximum atomic E-state index is 13.1. The highest BCUT2D eigenvalue weighted by molar-refractivity contribution is 6.01. The molecule has 0 aromatic heterocycles. The third-order valence-corrected chi connectivity index (χ3v) is 8.84. The van der Waals surface area contributed by atoms with Gasteiger partial charge in [0.05, 0.1) is 6.10 Å². The molecule has 0 unspecified atom stereocenters. The lowest BCUT2D eigenvalue weighted by Crippen LogP contribution is -2.64. The van der Waals surface area contributed by atoms with Crippen molar-refractivity contribution in [3.05, 3.63) is 23.8 Å². The second-order valence-electron chi connectivity index (χ2n) is 10.5. The number of hydrogen-bond acceptors (Lipinski definition) is 8. The van der Waals surface area contributed by atoms with Crippen LogP contribution in [0.4, 0.5) is 0 Å². The van der Waals surface area contributed by atoms with Crippen LogP contribution < -0.4 is 0 Å². The van der Waals surface area contributed by atoms with E-state index in [-0.39, 0.29) is 36.4 Å². The van der Waals surface area contributed by atoms with Gasteiger partial charge in [-0.3, -0.25) is 19.2 Å². The van der Waals surface area contributed by atoms with E-state index in [0.717, 1.165) is 5.57 Å². The second kappa shape index (κ2) is 7.87. The number of fused-ring (bicyclic) bond motifs is 5. The van der Waals surface area contributed by atoms with E-state index in [2.05, 4.69) is 0 Å². The molecule has 4 aliphatic carbocycles. The standard InChI is InChI=1S/C25H32O8/c1-13(26)32-12-21(30)25(31)20(29)10-18-17-6-5-15-9-16(28)7-8-23(15,3)22(17)19(33-14(2)27)11-24(18,25)4/h7-9,17-20,22,29,31H,5-6,10-12H2,1-4H3/t17-,18-,19-,20+,22+,23-,24-,25-/m0/s1. The molecule has 0 spiro atoms. The molecule has 0 saturated heterocycles. The van der Waals surface area contributed by atoms with Crippen LogP contribution in [-0.2, 0) is 28.7 Å². The molecular formula is C25H32O8. The Morgan fingerprint density at radius 3 is 2.52 bits per heavy atom. The van der Waals surface area contributed by atoms with Crippen molar-refractivity contribution in [3.63, 3.8) is 0 Å². The third kappa shape index (κ3) is 3.41. The molecular weight excluding hydrogens is 428 g/mol. The monoisotopic (exact) mass is 460 g/mol. The van der Waals surface area contributed by atoms with Crippen LogP contribution in [0.5, 0.6) is 0 Å². The zero-order valence-corrected chi connectivity index (χ0v) is 19.5. The smallest absolute Gasteiger partial charge is 0.303 e. The highest BCUT2D eigenvalue weighted by Crippen LogP contribution is 2.67. The zero-order chi connectivity index (χ0) is 24.3. The molecule has 0 radical (unpaired) electrons. The molecule has 4 aliphatic rings. The SMILES string of the molecule is CC(=O)OCC(=O)[C@@]1(O)[C@H](O)C[C@H]2[C@@H]3CCC4=CC(=O)C=C[C@]4(C)[C@H]3[C@@H](OC(C)=O)C[C@@]21C. The summed E-state index contributed by atoms with van der Waals surface area (Å²) in [6.45, 7) is 5.67. The Kier molecular flexibility index (Phi) is 5.69. The van der Waals surface area contributed by atoms with Crippen molar-refractivity contribution in [2.24, 2.45) is 28.6 Å². The quantitative estimate of drug-likeness (QED) is 0.607. The summed E-state index contributed by atoms with van der Waals surface area (Å²) in [6.07, 6.45) is 4.88. The van der Waals surface area contributed by atoms with Crippen LogP contribution in [0, 0.1) is 28.6 Å². The van der Waals surface area contributed by atoms with Crippen molar-refractivity contribution in [1.82, 2.24) is 0 Å². The molecule has 180 valence electrons. The Balaban J connectivity index is 1.77. The molecule has 4 rings (SSSR count). The Morgan fingerprint density at radius 1 is 1.18 bits per heavy atom. The highest BCUT2D eigenvalue weighted by atomic mass is 16.5. The molecule has 8 atom stereocenters. The summed E-state index contributed by atoms with van der Waals surface area (Å²) in [5, 5.41) is 22.6. The Hall–Kier alpha value is -2.32. The van der Waals surface area contributed by atoms with E-state index in [1.807, 2.05) is 13.0 Å². The number of allylic oxidation sites excluding steroid dienone is 4. The number of aliphatic hydroxyl groups is 2. The summed E-state index contributed by atoms with van der Waals surface area (Å²) in [4.78, 5) is 48.5. The van der Waals surface area contributed by atoms with Gasteiger partial charge in [0, 0.05) is 30.6 Å². The van der Waals surface area contributed by atoms with E-state index in [0.29, 0.717) is 12.8 Å². The fourth-order valence-electron chi connectivity index (χ4n) is 7.41. The lowest BCUT2D eigenvalue weighted by atomic mass is 9.46. The van der Waals surface area contributed by atoms with Crippen LogP contribution in [0.3, 0.4) is 0 Å². The number of rotatable bonds is 4. The summed E-state index contributed by atoms with van der Waals surface area (Å²) in [6, 6.07) is 0. The molecule has 0 aromatic carbocycles. The predicted molar refractivity (Wildman–Crippen MR) is 116 cm³/mol. The van der Waals surface area contributed by atoms with Gasteiger partial charge < -0.3 is 19.7 Å². The van der Waals surface area contributed by atoms with E-state index in [1.165, 1.54) is 13.8 Å². The summed E-state index contributed by atoms with van der Waals surface area (Å²) < 4.78 is 10.7. The van der Waals surface area contributed by atoms with Gasteiger partial charge in [0.1, 0.15) is 6.10 Å². The molecule has 33 heavy (non-hydrogen) atoms. The maximum absolute atomic E-state index is 13.1. The van der Waals surface area contributed by atoms with E-state index < -0.39 is 53.0 Å². The Labute approximate surface area is 193 Å². The van der Waals surface area contributed by atoms with Gasteiger partial charge in [-0.2, -0.15) is 0 Å². The fourth-order valence-corrected chi connectivity index (χ4v) is 7.41. The van der Waals surface area contributed by atoms with Gasteiger partial charge in [0.15, 0.2) is 18.0 Å². The molecule has 0 amide bonds. The van der Waals surface area contributed by atoms with Gasteiger partial charge in [-0.1, -0.05) is 25.5 Å². The number of ether oxygens (including phenoxy) is 2. The molecule has 3 fully saturated rings. The lowest BCUT2D eigenvalue weighted by molar-refractivity contribution is -0.200. The normalized spacial score (nSPS) is 43.6. The number of carbonyl (C=O) groups excluding carboxylic acids is 4. The number of Topliss-reactive ketones (excluding diaryl/α,β-unsaturated/α-hetero) is 1. The van der Waals surface area contributed by atoms with Gasteiger partial charge >= 0.3 is 11.9 Å². The minimum atomic E-state index is -2.13. The van der Waals surface area contributed by atoms with Crippen LogP contribution >= 0.6 is 0 Å². The molecule has 8 nitrogen and oxygen atoms in total. The predicted octanol–water partition coefficient (Wildman–Crippen LogP) is 1.67. The van der Waals surface area contributed by atoms with E-state index >= 15 is 0 Å². The van der Waals surface area contributed by atoms with Crippen molar-refractivity contribution in [2.75, 3.05) is 6.61 Å². The molecule has 0 aromatic rings. The van der Waals surface area contributed by atoms with E-state index in [9.17, 15) is 29.4 Å². The van der Waals surface area contributed by atoms with Crippen molar-refractivity contribution in [3.8, 4) is 0 Å². The van der Waals surface area contributed by atoms with Crippen molar-refractivity contribution in [2.45, 2.75) is 71.2 Å². The second-order valence-corrected chi connectivity index (χ2v) is 10.5. The first-order valence-electron chi connectivity index (χ1n) is 11.5. The first-order valence-corrected chi connectivity index (χ1v) is 11.5. The zero-order valence-electron chi connectivity index (χ0n) is 19.5. The third-order valence-electron chi connectivity index (χ3n) is 8.84. The van der Waals surface area contributed by atoms with Gasteiger partial charge in [0.25, 0.3) is 0 Å². The lowest BCUT2D eigenvalue weighted by Gasteiger charge is -2.59. The molecule has 0 aliphatic heterocycles. The van der Waals surface area contributed by atoms with Gasteiger partial charge in [0.2, 0.25) is 5.78 Å².